The molecule has 0 saturated heterocycles. The maximum absolute atomic E-state index is 12.8. The van der Waals surface area contributed by atoms with Gasteiger partial charge in [-0.15, -0.1) is 0 Å². The smallest absolute Gasteiger partial charge is 0.266 e. The summed E-state index contributed by atoms with van der Waals surface area (Å²) in [6, 6.07) is 16.2. The van der Waals surface area contributed by atoms with Gasteiger partial charge in [0.05, 0.1) is 12.7 Å². The number of nitrogens with one attached hydrogen (secondary N) is 1. The molecule has 0 spiro atoms. The number of hydrogen-bond acceptors (Lipinski definition) is 3. The number of anilines is 1. The van der Waals surface area contributed by atoms with Crippen LogP contribution in [-0.2, 0) is 11.3 Å². The maximum atomic E-state index is 12.8. The number of nitrogens with zero attached hydrogens (tertiary/aromatic N) is 2. The van der Waals surface area contributed by atoms with Crippen molar-refractivity contribution in [2.75, 3.05) is 5.32 Å². The van der Waals surface area contributed by atoms with Crippen LogP contribution in [-0.4, -0.2) is 21.8 Å². The summed E-state index contributed by atoms with van der Waals surface area (Å²) in [5.74, 6) is 1.53. The van der Waals surface area contributed by atoms with Crippen LogP contribution in [0.15, 0.2) is 54.7 Å². The molecule has 0 fully saturated rings. The van der Waals surface area contributed by atoms with Gasteiger partial charge in [-0.2, -0.15) is 5.10 Å². The number of hydrogen-bond donors (Lipinski definition) is 1. The van der Waals surface area contributed by atoms with Crippen molar-refractivity contribution in [2.45, 2.75) is 53.2 Å². The standard InChI is InChI=1S/C24H29N3O2/c1-16(2)21-11-8-18(4)14-22(21)29-19(5)24(28)26-23-12-13-25-27(23)15-20-9-6-17(3)7-10-20/h6-14,16,19H,15H2,1-5H3,(H,26,28). The lowest BCUT2D eigenvalue weighted by Gasteiger charge is -2.19. The van der Waals surface area contributed by atoms with Crippen molar-refractivity contribution in [3.63, 3.8) is 0 Å². The predicted molar refractivity (Wildman–Crippen MR) is 116 cm³/mol. The second-order valence-corrected chi connectivity index (χ2v) is 7.81. The molecule has 152 valence electrons. The third-order valence-corrected chi connectivity index (χ3v) is 4.88. The molecule has 0 bridgehead atoms. The van der Waals surface area contributed by atoms with E-state index in [-0.39, 0.29) is 5.91 Å². The van der Waals surface area contributed by atoms with Crippen LogP contribution < -0.4 is 10.1 Å². The summed E-state index contributed by atoms with van der Waals surface area (Å²) in [4.78, 5) is 12.8. The minimum Gasteiger partial charge on any atom is -0.481 e. The Morgan fingerprint density at radius 1 is 1.03 bits per heavy atom. The number of rotatable bonds is 7. The molecular formula is C24H29N3O2. The normalized spacial score (nSPS) is 12.1. The van der Waals surface area contributed by atoms with E-state index in [1.807, 2.05) is 13.0 Å². The molecule has 1 atom stereocenters. The van der Waals surface area contributed by atoms with E-state index in [4.69, 9.17) is 4.74 Å². The van der Waals surface area contributed by atoms with Gasteiger partial charge in [-0.25, -0.2) is 4.68 Å². The van der Waals surface area contributed by atoms with Gasteiger partial charge < -0.3 is 10.1 Å². The number of carbonyl (C=O) groups is 1. The van der Waals surface area contributed by atoms with Crippen molar-refractivity contribution in [1.29, 1.82) is 0 Å². The lowest BCUT2D eigenvalue weighted by atomic mass is 10.0. The highest BCUT2D eigenvalue weighted by molar-refractivity contribution is 5.93. The third kappa shape index (κ3) is 5.25. The van der Waals surface area contributed by atoms with E-state index in [1.54, 1.807) is 23.9 Å². The summed E-state index contributed by atoms with van der Waals surface area (Å²) in [6.45, 7) is 10.7. The Bertz CT molecular complexity index is 974. The molecule has 1 unspecified atom stereocenters. The molecule has 0 radical (unpaired) electrons. The van der Waals surface area contributed by atoms with Crippen molar-refractivity contribution >= 4 is 11.7 Å². The van der Waals surface area contributed by atoms with Crippen molar-refractivity contribution in [3.05, 3.63) is 77.0 Å². The fourth-order valence-corrected chi connectivity index (χ4v) is 3.12. The van der Waals surface area contributed by atoms with Gasteiger partial charge in [0.2, 0.25) is 0 Å². The zero-order chi connectivity index (χ0) is 21.0. The molecule has 5 nitrogen and oxygen atoms in total. The van der Waals surface area contributed by atoms with Crippen LogP contribution in [0.1, 0.15) is 48.9 Å². The molecule has 3 rings (SSSR count). The average molecular weight is 392 g/mol. The average Bonchev–Trinajstić information content (AvgIpc) is 3.10. The first kappa shape index (κ1) is 20.6. The number of aryl methyl sites for hydroxylation is 2. The Hall–Kier alpha value is -3.08. The first-order valence-electron chi connectivity index (χ1n) is 9.99. The molecule has 0 aliphatic heterocycles. The Morgan fingerprint density at radius 3 is 2.41 bits per heavy atom. The summed E-state index contributed by atoms with van der Waals surface area (Å²) in [7, 11) is 0. The summed E-state index contributed by atoms with van der Waals surface area (Å²) >= 11 is 0. The fraction of sp³-hybridized carbons (Fsp3) is 0.333. The van der Waals surface area contributed by atoms with Gasteiger partial charge in [-0.3, -0.25) is 4.79 Å². The SMILES string of the molecule is Cc1ccc(Cn2nccc2NC(=O)C(C)Oc2cc(C)ccc2C(C)C)cc1. The molecule has 0 saturated carbocycles. The summed E-state index contributed by atoms with van der Waals surface area (Å²) in [5, 5.41) is 7.28. The van der Waals surface area contributed by atoms with E-state index in [2.05, 4.69) is 67.6 Å². The highest BCUT2D eigenvalue weighted by Crippen LogP contribution is 2.28. The summed E-state index contributed by atoms with van der Waals surface area (Å²) in [6.07, 6.45) is 1.06. The van der Waals surface area contributed by atoms with Crippen LogP contribution >= 0.6 is 0 Å². The first-order chi connectivity index (χ1) is 13.8. The number of aromatic nitrogens is 2. The molecule has 5 heteroatoms. The van der Waals surface area contributed by atoms with Gasteiger partial charge in [-0.1, -0.05) is 55.8 Å². The van der Waals surface area contributed by atoms with E-state index in [0.717, 1.165) is 22.4 Å². The Morgan fingerprint density at radius 2 is 1.72 bits per heavy atom. The molecule has 2 aromatic carbocycles. The second-order valence-electron chi connectivity index (χ2n) is 7.81. The number of carbonyl (C=O) groups excluding carboxylic acids is 1. The molecular weight excluding hydrogens is 362 g/mol. The molecule has 1 N–H and O–H groups in total. The highest BCUT2D eigenvalue weighted by Gasteiger charge is 2.19. The van der Waals surface area contributed by atoms with E-state index in [1.165, 1.54) is 5.56 Å². The van der Waals surface area contributed by atoms with Crippen LogP contribution in [0.3, 0.4) is 0 Å². The zero-order valence-electron chi connectivity index (χ0n) is 17.8. The molecule has 1 amide bonds. The number of ether oxygens (including phenoxy) is 1. The van der Waals surface area contributed by atoms with Crippen LogP contribution in [0.5, 0.6) is 5.75 Å². The van der Waals surface area contributed by atoms with Crippen LogP contribution in [0.4, 0.5) is 5.82 Å². The number of benzene rings is 2. The second kappa shape index (κ2) is 8.95. The Kier molecular flexibility index (Phi) is 6.37. The minimum atomic E-state index is -0.628. The quantitative estimate of drug-likeness (QED) is 0.611. The molecule has 0 aliphatic carbocycles. The van der Waals surface area contributed by atoms with Crippen molar-refractivity contribution < 1.29 is 9.53 Å². The third-order valence-electron chi connectivity index (χ3n) is 4.88. The van der Waals surface area contributed by atoms with E-state index in [0.29, 0.717) is 18.3 Å². The minimum absolute atomic E-state index is 0.202. The Balaban J connectivity index is 1.69. The highest BCUT2D eigenvalue weighted by atomic mass is 16.5. The topological polar surface area (TPSA) is 56.2 Å². The van der Waals surface area contributed by atoms with Crippen molar-refractivity contribution in [3.8, 4) is 5.75 Å². The zero-order valence-corrected chi connectivity index (χ0v) is 17.8. The van der Waals surface area contributed by atoms with E-state index in [9.17, 15) is 4.79 Å². The van der Waals surface area contributed by atoms with Gasteiger partial charge in [0.15, 0.2) is 6.10 Å². The van der Waals surface area contributed by atoms with Crippen LogP contribution in [0, 0.1) is 13.8 Å². The fourth-order valence-electron chi connectivity index (χ4n) is 3.12. The van der Waals surface area contributed by atoms with Crippen molar-refractivity contribution in [2.24, 2.45) is 0 Å². The van der Waals surface area contributed by atoms with Gasteiger partial charge in [0.1, 0.15) is 11.6 Å². The molecule has 29 heavy (non-hydrogen) atoms. The maximum Gasteiger partial charge on any atom is 0.266 e. The molecule has 0 aliphatic rings. The summed E-state index contributed by atoms with van der Waals surface area (Å²) < 4.78 is 7.81. The van der Waals surface area contributed by atoms with Gasteiger partial charge >= 0.3 is 0 Å². The molecule has 1 heterocycles. The van der Waals surface area contributed by atoms with Crippen molar-refractivity contribution in [1.82, 2.24) is 9.78 Å². The van der Waals surface area contributed by atoms with Gasteiger partial charge in [0, 0.05) is 6.07 Å². The predicted octanol–water partition coefficient (Wildman–Crippen LogP) is 5.08. The number of amides is 1. The first-order valence-corrected chi connectivity index (χ1v) is 9.99. The lowest BCUT2D eigenvalue weighted by molar-refractivity contribution is -0.122. The molecule has 3 aromatic rings. The monoisotopic (exact) mass is 391 g/mol. The summed E-state index contributed by atoms with van der Waals surface area (Å²) in [5.41, 5.74) is 4.54. The Labute approximate surface area is 172 Å². The van der Waals surface area contributed by atoms with Crippen LogP contribution in [0.25, 0.3) is 0 Å². The largest absolute Gasteiger partial charge is 0.481 e. The van der Waals surface area contributed by atoms with Gasteiger partial charge in [0.25, 0.3) is 5.91 Å². The molecule has 1 aromatic heterocycles. The van der Waals surface area contributed by atoms with E-state index >= 15 is 0 Å². The van der Waals surface area contributed by atoms with Gasteiger partial charge in [-0.05, 0) is 49.4 Å². The lowest BCUT2D eigenvalue weighted by Crippen LogP contribution is -2.31. The van der Waals surface area contributed by atoms with E-state index < -0.39 is 6.10 Å². The van der Waals surface area contributed by atoms with Crippen LogP contribution in [0.2, 0.25) is 0 Å².